The van der Waals surface area contributed by atoms with Crippen molar-refractivity contribution in [1.82, 2.24) is 47.4 Å². The fraction of sp³-hybridized carbons (Fsp3) is 0.634. The molecule has 2 heterocycles. The number of carbonyl (C=O) groups excluding carboxylic acids is 10. The minimum atomic E-state index is -5.10. The Bertz CT molecular complexity index is 1770. The standard InChI is InChI=1S/C41H61F3N10O12/c1-2-25-65-26-9-22-48-39(63)29(13-15-32(56)47-23-24-49-38(62)28-12-14-30(50-27-28)52-53-40(64)41(42,43)44)51-34(58)11-6-4-8-20-45-31(55)10-5-3-7-21-46-33(57)16-19-37(61)66-54-35(59)17-18-36(54)60/h12,14,27,29H,2-11,13,15-26H2,1H3,(H,45,55)(H,46,57)(H,47,56)(H,48,63)(H,49,62)(H,50,52)(H,51,58)(H,53,64)/t29-/m0/s1. The van der Waals surface area contributed by atoms with Gasteiger partial charge in [0.1, 0.15) is 11.9 Å². The molecule has 0 saturated carbocycles. The third-order valence-corrected chi connectivity index (χ3v) is 9.31. The molecule has 66 heavy (non-hydrogen) atoms. The number of carbonyl (C=O) groups is 10. The lowest BCUT2D eigenvalue weighted by Gasteiger charge is -2.18. The van der Waals surface area contributed by atoms with Crippen LogP contribution in [0.2, 0.25) is 0 Å². The van der Waals surface area contributed by atoms with E-state index in [1.54, 1.807) is 0 Å². The van der Waals surface area contributed by atoms with Gasteiger partial charge in [-0.3, -0.25) is 54.0 Å². The SMILES string of the molecule is CCCOCCCNC(=O)[C@H](CCC(=O)NCCNC(=O)c1ccc(NNC(=O)C(F)(F)F)nc1)NC(=O)CCCCCNC(=O)CCCCCNC(=O)CCC(=O)ON1C(=O)CCC1=O. The Morgan fingerprint density at radius 2 is 1.27 bits per heavy atom. The predicted molar refractivity (Wildman–Crippen MR) is 227 cm³/mol. The number of rotatable bonds is 33. The molecule has 1 aliphatic heterocycles. The van der Waals surface area contributed by atoms with Gasteiger partial charge in [0.2, 0.25) is 29.5 Å². The molecule has 0 spiro atoms. The number of anilines is 1. The number of pyridine rings is 1. The molecule has 0 bridgehead atoms. The summed E-state index contributed by atoms with van der Waals surface area (Å²) < 4.78 is 42.4. The van der Waals surface area contributed by atoms with Gasteiger partial charge in [-0.2, -0.15) is 13.2 Å². The summed E-state index contributed by atoms with van der Waals surface area (Å²) in [6.07, 6.45) is 0.737. The van der Waals surface area contributed by atoms with E-state index in [4.69, 9.17) is 9.57 Å². The summed E-state index contributed by atoms with van der Waals surface area (Å²) in [5.41, 5.74) is 3.47. The molecule has 1 aliphatic rings. The van der Waals surface area contributed by atoms with Crippen molar-refractivity contribution in [3.05, 3.63) is 23.9 Å². The Morgan fingerprint density at radius 3 is 1.89 bits per heavy atom. The predicted octanol–water partition coefficient (Wildman–Crippen LogP) is 0.872. The van der Waals surface area contributed by atoms with Crippen molar-refractivity contribution in [2.75, 3.05) is 51.4 Å². The third-order valence-electron chi connectivity index (χ3n) is 9.31. The normalized spacial score (nSPS) is 12.7. The molecule has 1 atom stereocenters. The highest BCUT2D eigenvalue weighted by Crippen LogP contribution is 2.15. The van der Waals surface area contributed by atoms with Crippen LogP contribution in [0.15, 0.2) is 18.3 Å². The van der Waals surface area contributed by atoms with Gasteiger partial charge < -0.3 is 41.5 Å². The summed E-state index contributed by atoms with van der Waals surface area (Å²) in [4.78, 5) is 129. The first-order chi connectivity index (χ1) is 31.5. The first kappa shape index (κ1) is 55.7. The van der Waals surface area contributed by atoms with E-state index in [1.165, 1.54) is 17.6 Å². The highest BCUT2D eigenvalue weighted by molar-refractivity contribution is 6.01. The number of hydrogen-bond donors (Lipinski definition) is 8. The maximum absolute atomic E-state index is 13.0. The van der Waals surface area contributed by atoms with Gasteiger partial charge in [-0.1, -0.05) is 19.8 Å². The molecule has 0 radical (unpaired) electrons. The maximum atomic E-state index is 13.0. The van der Waals surface area contributed by atoms with E-state index in [1.807, 2.05) is 12.3 Å². The molecule has 9 amide bonds. The lowest BCUT2D eigenvalue weighted by atomic mass is 10.1. The van der Waals surface area contributed by atoms with Crippen molar-refractivity contribution >= 4 is 65.0 Å². The summed E-state index contributed by atoms with van der Waals surface area (Å²) in [6.45, 7) is 4.08. The Labute approximate surface area is 379 Å². The topological polar surface area (TPSA) is 302 Å². The van der Waals surface area contributed by atoms with Crippen LogP contribution in [0, 0.1) is 0 Å². The quantitative estimate of drug-likeness (QED) is 0.0276. The largest absolute Gasteiger partial charge is 0.472 e. The average Bonchev–Trinajstić information content (AvgIpc) is 3.60. The van der Waals surface area contributed by atoms with Crippen LogP contribution < -0.4 is 42.8 Å². The summed E-state index contributed by atoms with van der Waals surface area (Å²) in [6, 6.07) is 1.43. The van der Waals surface area contributed by atoms with E-state index in [2.05, 4.69) is 36.9 Å². The van der Waals surface area contributed by atoms with E-state index >= 15 is 0 Å². The number of hydroxylamine groups is 2. The number of imide groups is 1. The highest BCUT2D eigenvalue weighted by atomic mass is 19.4. The number of nitrogens with zero attached hydrogens (tertiary/aromatic N) is 2. The second-order valence-electron chi connectivity index (χ2n) is 14.9. The van der Waals surface area contributed by atoms with Gasteiger partial charge >= 0.3 is 18.1 Å². The molecule has 1 aromatic heterocycles. The van der Waals surface area contributed by atoms with E-state index in [-0.39, 0.29) is 87.1 Å². The second-order valence-corrected chi connectivity index (χ2v) is 14.9. The Balaban J connectivity index is 1.61. The minimum Gasteiger partial charge on any atom is -0.381 e. The van der Waals surface area contributed by atoms with E-state index in [0.717, 1.165) is 12.6 Å². The lowest BCUT2D eigenvalue weighted by Crippen LogP contribution is -2.47. The van der Waals surface area contributed by atoms with Crippen LogP contribution in [0.3, 0.4) is 0 Å². The molecule has 1 fully saturated rings. The first-order valence-electron chi connectivity index (χ1n) is 21.9. The summed E-state index contributed by atoms with van der Waals surface area (Å²) in [5.74, 6) is -6.83. The first-order valence-corrected chi connectivity index (χ1v) is 21.9. The van der Waals surface area contributed by atoms with Crippen LogP contribution in [0.4, 0.5) is 19.0 Å². The molecule has 1 aromatic rings. The van der Waals surface area contributed by atoms with Crippen molar-refractivity contribution in [3.8, 4) is 0 Å². The third kappa shape index (κ3) is 24.6. The number of halogens is 3. The molecule has 0 aliphatic carbocycles. The fourth-order valence-corrected chi connectivity index (χ4v) is 5.76. The Morgan fingerprint density at radius 1 is 0.682 bits per heavy atom. The van der Waals surface area contributed by atoms with Crippen LogP contribution in [-0.2, 0) is 52.7 Å². The Hall–Kier alpha value is -6.40. The molecule has 0 aromatic carbocycles. The highest BCUT2D eigenvalue weighted by Gasteiger charge is 2.38. The number of unbranched alkanes of at least 4 members (excludes halogenated alkanes) is 4. The zero-order valence-electron chi connectivity index (χ0n) is 37.0. The van der Waals surface area contributed by atoms with Crippen molar-refractivity contribution in [1.29, 1.82) is 0 Å². The molecule has 0 unspecified atom stereocenters. The number of hydrogen-bond acceptors (Lipinski definition) is 14. The molecular weight excluding hydrogens is 882 g/mol. The fourth-order valence-electron chi connectivity index (χ4n) is 5.76. The average molecular weight is 943 g/mol. The van der Waals surface area contributed by atoms with E-state index in [0.29, 0.717) is 89.3 Å². The Kier molecular flexibility index (Phi) is 26.6. The van der Waals surface area contributed by atoms with Crippen molar-refractivity contribution in [2.45, 2.75) is 122 Å². The number of hydrazine groups is 1. The van der Waals surface area contributed by atoms with Gasteiger partial charge in [0, 0.05) is 90.7 Å². The monoisotopic (exact) mass is 942 g/mol. The molecule has 25 heteroatoms. The van der Waals surface area contributed by atoms with Crippen LogP contribution in [-0.4, -0.2) is 127 Å². The number of amides is 9. The zero-order valence-corrected chi connectivity index (χ0v) is 37.0. The minimum absolute atomic E-state index is 0.00262. The van der Waals surface area contributed by atoms with Crippen LogP contribution >= 0.6 is 0 Å². The number of aromatic nitrogens is 1. The lowest BCUT2D eigenvalue weighted by molar-refractivity contribution is -0.197. The van der Waals surface area contributed by atoms with Crippen molar-refractivity contribution in [2.24, 2.45) is 0 Å². The van der Waals surface area contributed by atoms with Gasteiger partial charge in [0.15, 0.2) is 0 Å². The smallest absolute Gasteiger partial charge is 0.381 e. The maximum Gasteiger partial charge on any atom is 0.472 e. The van der Waals surface area contributed by atoms with Gasteiger partial charge in [-0.25, -0.2) is 9.78 Å². The summed E-state index contributed by atoms with van der Waals surface area (Å²) in [5, 5.41) is 16.5. The second kappa shape index (κ2) is 31.5. The summed E-state index contributed by atoms with van der Waals surface area (Å²) in [7, 11) is 0. The molecule has 368 valence electrons. The van der Waals surface area contributed by atoms with Crippen LogP contribution in [0.25, 0.3) is 0 Å². The number of ether oxygens (including phenoxy) is 1. The van der Waals surface area contributed by atoms with Crippen molar-refractivity contribution in [3.63, 3.8) is 0 Å². The van der Waals surface area contributed by atoms with Crippen LogP contribution in [0.1, 0.15) is 120 Å². The molecule has 8 N–H and O–H groups in total. The summed E-state index contributed by atoms with van der Waals surface area (Å²) >= 11 is 0. The van der Waals surface area contributed by atoms with Crippen molar-refractivity contribution < 1.29 is 70.7 Å². The number of nitrogens with one attached hydrogen (secondary N) is 8. The van der Waals surface area contributed by atoms with Gasteiger partial charge in [0.05, 0.1) is 12.0 Å². The van der Waals surface area contributed by atoms with Gasteiger partial charge in [-0.05, 0) is 57.1 Å². The van der Waals surface area contributed by atoms with Crippen LogP contribution in [0.5, 0.6) is 0 Å². The zero-order chi connectivity index (χ0) is 48.7. The molecule has 2 rings (SSSR count). The number of alkyl halides is 3. The molecule has 22 nitrogen and oxygen atoms in total. The van der Waals surface area contributed by atoms with E-state index in [9.17, 15) is 61.1 Å². The van der Waals surface area contributed by atoms with Gasteiger partial charge in [-0.15, -0.1) is 5.06 Å². The van der Waals surface area contributed by atoms with E-state index < -0.39 is 53.6 Å². The van der Waals surface area contributed by atoms with Gasteiger partial charge in [0.25, 0.3) is 17.7 Å². The molecular formula is C41H61F3N10O12. The molecule has 1 saturated heterocycles.